The van der Waals surface area contributed by atoms with Crippen LogP contribution in [0, 0.1) is 0 Å². The molecule has 0 saturated carbocycles. The van der Waals surface area contributed by atoms with E-state index in [4.69, 9.17) is 9.84 Å². The summed E-state index contributed by atoms with van der Waals surface area (Å²) in [5.41, 5.74) is 0.682. The average molecular weight is 449 g/mol. The van der Waals surface area contributed by atoms with E-state index in [-0.39, 0.29) is 42.3 Å². The molecule has 2 bridgehead atoms. The van der Waals surface area contributed by atoms with Gasteiger partial charge in [0.25, 0.3) is 5.56 Å². The number of pyridine rings is 1. The van der Waals surface area contributed by atoms with Crippen molar-refractivity contribution >= 4 is 29.3 Å². The summed E-state index contributed by atoms with van der Waals surface area (Å²) in [6, 6.07) is 10.2. The van der Waals surface area contributed by atoms with Crippen molar-refractivity contribution in [3.8, 4) is 0 Å². The van der Waals surface area contributed by atoms with Crippen LogP contribution in [-0.4, -0.2) is 51.9 Å². The maximum atomic E-state index is 13.1. The number of hydrogen-bond donors (Lipinski definition) is 1. The van der Waals surface area contributed by atoms with Crippen LogP contribution in [0.5, 0.6) is 0 Å². The van der Waals surface area contributed by atoms with Crippen LogP contribution < -0.4 is 5.56 Å². The van der Waals surface area contributed by atoms with Gasteiger partial charge in [0, 0.05) is 37.6 Å². The molecular formula is C24H33ClN2O4. The number of benzene rings is 1. The lowest BCUT2D eigenvalue weighted by Crippen LogP contribution is -2.46. The Kier molecular flexibility index (Phi) is 7.78. The minimum atomic E-state index is -0.502. The Bertz CT molecular complexity index is 960. The molecule has 0 aliphatic carbocycles. The molecule has 2 saturated heterocycles. The van der Waals surface area contributed by atoms with Gasteiger partial charge in [-0.2, -0.15) is 0 Å². The van der Waals surface area contributed by atoms with Crippen molar-refractivity contribution in [2.24, 2.45) is 0 Å². The van der Waals surface area contributed by atoms with Crippen LogP contribution in [0.1, 0.15) is 68.8 Å². The molecule has 2 aliphatic heterocycles. The van der Waals surface area contributed by atoms with Gasteiger partial charge >= 0.3 is 5.97 Å². The number of aliphatic hydroxyl groups excluding tert-OH is 1. The normalized spacial score (nSPS) is 23.2. The summed E-state index contributed by atoms with van der Waals surface area (Å²) in [5, 5.41) is 9.90. The number of aliphatic hydroxyl groups is 1. The summed E-state index contributed by atoms with van der Waals surface area (Å²) < 4.78 is 7.56. The van der Waals surface area contributed by atoms with Crippen molar-refractivity contribution in [2.75, 3.05) is 13.2 Å². The number of piperidine rings is 1. The van der Waals surface area contributed by atoms with Crippen molar-refractivity contribution in [1.82, 2.24) is 9.47 Å². The number of fused-ring (bicyclic) bond motifs is 3. The Morgan fingerprint density at radius 2 is 1.84 bits per heavy atom. The molecule has 1 aromatic carbocycles. The van der Waals surface area contributed by atoms with E-state index in [1.54, 1.807) is 10.6 Å². The largest absolute Gasteiger partial charge is 0.459 e. The highest BCUT2D eigenvalue weighted by Gasteiger charge is 2.41. The predicted molar refractivity (Wildman–Crippen MR) is 124 cm³/mol. The molecule has 1 N–H and O–H groups in total. The SMILES string of the molecule is CC(C)n1c(=O)c(C(=O)OC2C[C@H]3CC[C@@H](C2)N3CCCCO)cc2ccccc21.Cl. The minimum Gasteiger partial charge on any atom is -0.459 e. The van der Waals surface area contributed by atoms with E-state index in [0.29, 0.717) is 12.1 Å². The van der Waals surface area contributed by atoms with Gasteiger partial charge in [0.05, 0.1) is 5.52 Å². The number of carbonyl (C=O) groups is 1. The molecule has 0 amide bonds. The second-order valence-corrected chi connectivity index (χ2v) is 8.94. The number of hydrogen-bond acceptors (Lipinski definition) is 5. The fraction of sp³-hybridized carbons (Fsp3) is 0.583. The number of aromatic nitrogens is 1. The highest BCUT2D eigenvalue weighted by atomic mass is 35.5. The lowest BCUT2D eigenvalue weighted by molar-refractivity contribution is -0.00670. The van der Waals surface area contributed by atoms with Crippen molar-refractivity contribution in [1.29, 1.82) is 0 Å². The van der Waals surface area contributed by atoms with Crippen molar-refractivity contribution in [3.63, 3.8) is 0 Å². The fourth-order valence-corrected chi connectivity index (χ4v) is 5.25. The number of halogens is 1. The molecular weight excluding hydrogens is 416 g/mol. The first kappa shape index (κ1) is 23.8. The molecule has 31 heavy (non-hydrogen) atoms. The maximum absolute atomic E-state index is 13.1. The molecule has 1 aromatic heterocycles. The fourth-order valence-electron chi connectivity index (χ4n) is 5.25. The highest BCUT2D eigenvalue weighted by Crippen LogP contribution is 2.37. The molecule has 0 spiro atoms. The molecule has 2 aromatic rings. The van der Waals surface area contributed by atoms with Gasteiger partial charge in [0.2, 0.25) is 0 Å². The number of nitrogens with zero attached hydrogens (tertiary/aromatic N) is 2. The van der Waals surface area contributed by atoms with Gasteiger partial charge in [0.1, 0.15) is 11.7 Å². The van der Waals surface area contributed by atoms with Crippen LogP contribution >= 0.6 is 12.4 Å². The van der Waals surface area contributed by atoms with Gasteiger partial charge in [-0.3, -0.25) is 9.69 Å². The molecule has 3 atom stereocenters. The maximum Gasteiger partial charge on any atom is 0.344 e. The van der Waals surface area contributed by atoms with Gasteiger partial charge in [-0.25, -0.2) is 4.79 Å². The van der Waals surface area contributed by atoms with E-state index in [0.717, 1.165) is 56.0 Å². The summed E-state index contributed by atoms with van der Waals surface area (Å²) in [6.07, 6.45) is 5.61. The van der Waals surface area contributed by atoms with Crippen LogP contribution in [0.3, 0.4) is 0 Å². The first-order valence-electron chi connectivity index (χ1n) is 11.2. The highest BCUT2D eigenvalue weighted by molar-refractivity contribution is 5.94. The molecule has 2 aliphatic rings. The minimum absolute atomic E-state index is 0. The Morgan fingerprint density at radius 3 is 2.48 bits per heavy atom. The van der Waals surface area contributed by atoms with E-state index in [1.165, 1.54) is 0 Å². The first-order valence-corrected chi connectivity index (χ1v) is 11.2. The predicted octanol–water partition coefficient (Wildman–Crippen LogP) is 3.93. The number of esters is 1. The monoisotopic (exact) mass is 448 g/mol. The topological polar surface area (TPSA) is 71.8 Å². The van der Waals surface area contributed by atoms with E-state index >= 15 is 0 Å². The second kappa shape index (κ2) is 10.2. The zero-order valence-corrected chi connectivity index (χ0v) is 19.1. The summed E-state index contributed by atoms with van der Waals surface area (Å²) in [7, 11) is 0. The van der Waals surface area contributed by atoms with E-state index in [2.05, 4.69) is 4.90 Å². The van der Waals surface area contributed by atoms with Crippen molar-refractivity contribution in [2.45, 2.75) is 76.6 Å². The number of para-hydroxylation sites is 1. The smallest absolute Gasteiger partial charge is 0.344 e. The quantitative estimate of drug-likeness (QED) is 0.513. The number of ether oxygens (including phenoxy) is 1. The van der Waals surface area contributed by atoms with E-state index in [9.17, 15) is 9.59 Å². The second-order valence-electron chi connectivity index (χ2n) is 8.94. The third-order valence-electron chi connectivity index (χ3n) is 6.62. The lowest BCUT2D eigenvalue weighted by atomic mass is 9.99. The summed E-state index contributed by atoms with van der Waals surface area (Å²) in [4.78, 5) is 28.6. The van der Waals surface area contributed by atoms with Gasteiger partial charge in [-0.05, 0) is 63.6 Å². The Morgan fingerprint density at radius 1 is 1.16 bits per heavy atom. The average Bonchev–Trinajstić information content (AvgIpc) is 2.95. The number of rotatable bonds is 7. The summed E-state index contributed by atoms with van der Waals surface area (Å²) in [6.45, 7) is 5.14. The molecule has 1 unspecified atom stereocenters. The molecule has 2 fully saturated rings. The first-order chi connectivity index (χ1) is 14.5. The summed E-state index contributed by atoms with van der Waals surface area (Å²) in [5.74, 6) is -0.502. The van der Waals surface area contributed by atoms with Gasteiger partial charge < -0.3 is 14.4 Å². The van der Waals surface area contributed by atoms with Crippen LogP contribution in [0.25, 0.3) is 10.9 Å². The number of carbonyl (C=O) groups excluding carboxylic acids is 1. The molecule has 6 nitrogen and oxygen atoms in total. The van der Waals surface area contributed by atoms with Gasteiger partial charge in [-0.15, -0.1) is 12.4 Å². The Labute approximate surface area is 189 Å². The lowest BCUT2D eigenvalue weighted by Gasteiger charge is -2.38. The van der Waals surface area contributed by atoms with E-state index in [1.807, 2.05) is 38.1 Å². The molecule has 3 heterocycles. The third kappa shape index (κ3) is 4.81. The molecule has 170 valence electrons. The number of unbranched alkanes of at least 4 members (excludes halogenated alkanes) is 1. The zero-order valence-electron chi connectivity index (χ0n) is 18.3. The molecule has 0 radical (unpaired) electrons. The van der Waals surface area contributed by atoms with Crippen LogP contribution in [0.4, 0.5) is 0 Å². The van der Waals surface area contributed by atoms with Gasteiger partial charge in [0.15, 0.2) is 0 Å². The summed E-state index contributed by atoms with van der Waals surface area (Å²) >= 11 is 0. The molecule has 4 rings (SSSR count). The van der Waals surface area contributed by atoms with E-state index < -0.39 is 5.97 Å². The third-order valence-corrected chi connectivity index (χ3v) is 6.62. The van der Waals surface area contributed by atoms with Crippen molar-refractivity contribution < 1.29 is 14.6 Å². The van der Waals surface area contributed by atoms with Crippen LogP contribution in [0.2, 0.25) is 0 Å². The van der Waals surface area contributed by atoms with Crippen molar-refractivity contribution in [3.05, 3.63) is 46.2 Å². The standard InChI is InChI=1S/C24H32N2O4.ClH/c1-16(2)26-22-8-4-3-7-17(22)13-21(23(26)28)24(29)30-20-14-18-9-10-19(15-20)25(18)11-5-6-12-27;/h3-4,7-8,13,16,18-20,27H,5-6,9-12,14-15H2,1-2H3;1H/t18-,19+,20?;. The zero-order chi connectivity index (χ0) is 21.3. The van der Waals surface area contributed by atoms with Gasteiger partial charge in [-0.1, -0.05) is 18.2 Å². The Balaban J connectivity index is 0.00000272. The Hall–Kier alpha value is -1.89. The van der Waals surface area contributed by atoms with Crippen LogP contribution in [-0.2, 0) is 4.74 Å². The van der Waals surface area contributed by atoms with Crippen LogP contribution in [0.15, 0.2) is 35.1 Å². The molecule has 7 heteroatoms.